The maximum atomic E-state index is 5.07. The van der Waals surface area contributed by atoms with Gasteiger partial charge in [0.2, 0.25) is 0 Å². The zero-order valence-corrected chi connectivity index (χ0v) is 12.8. The van der Waals surface area contributed by atoms with Crippen LogP contribution < -0.4 is 10.2 Å². The van der Waals surface area contributed by atoms with Gasteiger partial charge in [0.1, 0.15) is 17.8 Å². The van der Waals surface area contributed by atoms with Gasteiger partial charge in [0.05, 0.1) is 11.4 Å². The summed E-state index contributed by atoms with van der Waals surface area (Å²) in [6.45, 7) is 1.04. The van der Waals surface area contributed by atoms with Crippen LogP contribution in [-0.2, 0) is 0 Å². The molecule has 1 N–H and O–H groups in total. The number of piperazine rings is 1. The summed E-state index contributed by atoms with van der Waals surface area (Å²) in [5, 5.41) is 6.23. The van der Waals surface area contributed by atoms with E-state index in [2.05, 4.69) is 25.9 Å². The fourth-order valence-electron chi connectivity index (χ4n) is 4.92. The second kappa shape index (κ2) is 4.95. The molecular formula is C17H22N5. The third kappa shape index (κ3) is 1.88. The predicted octanol–water partition coefficient (Wildman–Crippen LogP) is 2.47. The van der Waals surface area contributed by atoms with Crippen LogP contribution in [0.4, 0.5) is 5.82 Å². The number of anilines is 1. The molecule has 2 saturated heterocycles. The van der Waals surface area contributed by atoms with Gasteiger partial charge in [0, 0.05) is 24.8 Å². The van der Waals surface area contributed by atoms with Gasteiger partial charge in [-0.15, -0.1) is 0 Å². The Balaban J connectivity index is 1.59. The van der Waals surface area contributed by atoms with E-state index in [0.717, 1.165) is 29.3 Å². The van der Waals surface area contributed by atoms with E-state index in [9.17, 15) is 0 Å². The molecule has 2 aromatic heterocycles. The van der Waals surface area contributed by atoms with Crippen molar-refractivity contribution in [1.82, 2.24) is 20.3 Å². The Morgan fingerprint density at radius 1 is 1.09 bits per heavy atom. The van der Waals surface area contributed by atoms with E-state index in [-0.39, 0.29) is 0 Å². The lowest BCUT2D eigenvalue weighted by molar-refractivity contribution is 0.285. The molecule has 0 amide bonds. The van der Waals surface area contributed by atoms with Gasteiger partial charge in [0.25, 0.3) is 0 Å². The average Bonchev–Trinajstić information content (AvgIpc) is 3.27. The van der Waals surface area contributed by atoms with Gasteiger partial charge in [-0.1, -0.05) is 12.8 Å². The molecule has 0 aromatic carbocycles. The highest BCUT2D eigenvalue weighted by Crippen LogP contribution is 2.41. The minimum atomic E-state index is 0.506. The summed E-state index contributed by atoms with van der Waals surface area (Å²) < 4.78 is 0. The highest BCUT2D eigenvalue weighted by atomic mass is 15.3. The van der Waals surface area contributed by atoms with Crippen LogP contribution in [0, 0.1) is 5.92 Å². The van der Waals surface area contributed by atoms with Crippen molar-refractivity contribution in [3.05, 3.63) is 18.6 Å². The summed E-state index contributed by atoms with van der Waals surface area (Å²) in [5.74, 6) is 1.91. The first-order valence-corrected chi connectivity index (χ1v) is 8.65. The quantitative estimate of drug-likeness (QED) is 0.926. The SMILES string of the molecule is c1nc(N2CC3CCC([N]3)C2C2CCCC2)c2cc[nH]c2n1. The van der Waals surface area contributed by atoms with Gasteiger partial charge >= 0.3 is 0 Å². The van der Waals surface area contributed by atoms with Crippen LogP contribution >= 0.6 is 0 Å². The number of nitrogens with one attached hydrogen (secondary N) is 1. The third-order valence-corrected chi connectivity index (χ3v) is 5.85. The molecule has 2 aromatic rings. The molecule has 4 heterocycles. The van der Waals surface area contributed by atoms with E-state index in [0.29, 0.717) is 18.1 Å². The van der Waals surface area contributed by atoms with Gasteiger partial charge < -0.3 is 9.88 Å². The molecule has 3 fully saturated rings. The molecular weight excluding hydrogens is 274 g/mol. The molecule has 5 nitrogen and oxygen atoms in total. The summed E-state index contributed by atoms with van der Waals surface area (Å²) in [6.07, 6.45) is 11.7. The lowest BCUT2D eigenvalue weighted by atomic mass is 9.89. The van der Waals surface area contributed by atoms with E-state index in [1.54, 1.807) is 6.33 Å². The number of fused-ring (bicyclic) bond motifs is 3. The Hall–Kier alpha value is -1.62. The van der Waals surface area contributed by atoms with Crippen molar-refractivity contribution in [3.8, 4) is 0 Å². The van der Waals surface area contributed by atoms with E-state index in [4.69, 9.17) is 5.32 Å². The van der Waals surface area contributed by atoms with Crippen LogP contribution in [0.3, 0.4) is 0 Å². The second-order valence-corrected chi connectivity index (χ2v) is 7.07. The van der Waals surface area contributed by atoms with Crippen molar-refractivity contribution in [2.45, 2.75) is 56.7 Å². The Labute approximate surface area is 130 Å². The topological polar surface area (TPSA) is 58.9 Å². The van der Waals surface area contributed by atoms with Gasteiger partial charge in [-0.3, -0.25) is 0 Å². The normalized spacial score (nSPS) is 32.2. The minimum Gasteiger partial charge on any atom is -0.349 e. The summed E-state index contributed by atoms with van der Waals surface area (Å²) in [5.41, 5.74) is 0.949. The van der Waals surface area contributed by atoms with Crippen LogP contribution in [0.5, 0.6) is 0 Å². The lowest BCUT2D eigenvalue weighted by Gasteiger charge is -2.44. The molecule has 1 radical (unpaired) electrons. The van der Waals surface area contributed by atoms with Crippen LogP contribution in [0.15, 0.2) is 18.6 Å². The largest absolute Gasteiger partial charge is 0.349 e. The molecule has 2 bridgehead atoms. The first-order chi connectivity index (χ1) is 10.9. The molecule has 115 valence electrons. The number of hydrogen-bond acceptors (Lipinski definition) is 3. The minimum absolute atomic E-state index is 0.506. The standard InChI is InChI=1S/C17H22N5/c1-2-4-11(3-1)15-14-6-5-12(21-14)9-22(15)17-13-7-8-18-16(13)19-10-20-17/h7-8,10-12,14-15H,1-6,9H2,(H,18,19,20). The highest BCUT2D eigenvalue weighted by molar-refractivity contribution is 5.87. The lowest BCUT2D eigenvalue weighted by Crippen LogP contribution is -2.58. The molecule has 2 aliphatic heterocycles. The molecule has 5 heteroatoms. The number of aromatic amines is 1. The number of H-pyrrole nitrogens is 1. The Bertz CT molecular complexity index is 672. The fraction of sp³-hybridized carbons (Fsp3) is 0.647. The van der Waals surface area contributed by atoms with Gasteiger partial charge in [-0.25, -0.2) is 15.3 Å². The zero-order chi connectivity index (χ0) is 14.5. The maximum Gasteiger partial charge on any atom is 0.142 e. The van der Waals surface area contributed by atoms with Crippen LogP contribution in [0.1, 0.15) is 38.5 Å². The molecule has 22 heavy (non-hydrogen) atoms. The van der Waals surface area contributed by atoms with Gasteiger partial charge in [-0.05, 0) is 37.7 Å². The van der Waals surface area contributed by atoms with Crippen molar-refractivity contribution in [1.29, 1.82) is 0 Å². The average molecular weight is 296 g/mol. The summed E-state index contributed by atoms with van der Waals surface area (Å²) in [7, 11) is 0. The Morgan fingerprint density at radius 2 is 2.00 bits per heavy atom. The molecule has 0 spiro atoms. The molecule has 5 rings (SSSR count). The molecule has 1 saturated carbocycles. The van der Waals surface area contributed by atoms with Gasteiger partial charge in [-0.2, -0.15) is 0 Å². The maximum absolute atomic E-state index is 5.07. The first kappa shape index (κ1) is 12.9. The molecule has 3 unspecified atom stereocenters. The summed E-state index contributed by atoms with van der Waals surface area (Å²) >= 11 is 0. The van der Waals surface area contributed by atoms with E-state index in [1.165, 1.54) is 38.5 Å². The van der Waals surface area contributed by atoms with E-state index in [1.807, 2.05) is 6.20 Å². The van der Waals surface area contributed by atoms with Crippen molar-refractivity contribution in [3.63, 3.8) is 0 Å². The monoisotopic (exact) mass is 296 g/mol. The van der Waals surface area contributed by atoms with Crippen molar-refractivity contribution in [2.24, 2.45) is 5.92 Å². The molecule has 1 aliphatic carbocycles. The van der Waals surface area contributed by atoms with Crippen LogP contribution in [0.2, 0.25) is 0 Å². The Morgan fingerprint density at radius 3 is 2.91 bits per heavy atom. The summed E-state index contributed by atoms with van der Waals surface area (Å²) in [4.78, 5) is 14.8. The van der Waals surface area contributed by atoms with Crippen LogP contribution in [0.25, 0.3) is 11.0 Å². The van der Waals surface area contributed by atoms with Crippen LogP contribution in [-0.4, -0.2) is 39.6 Å². The van der Waals surface area contributed by atoms with E-state index >= 15 is 0 Å². The smallest absolute Gasteiger partial charge is 0.142 e. The van der Waals surface area contributed by atoms with Crippen molar-refractivity contribution in [2.75, 3.05) is 11.4 Å². The number of nitrogens with zero attached hydrogens (tertiary/aromatic N) is 4. The Kier molecular flexibility index (Phi) is 2.90. The summed E-state index contributed by atoms with van der Waals surface area (Å²) in [6, 6.07) is 3.69. The van der Waals surface area contributed by atoms with Crippen molar-refractivity contribution >= 4 is 16.9 Å². The first-order valence-electron chi connectivity index (χ1n) is 8.65. The van der Waals surface area contributed by atoms with E-state index < -0.39 is 0 Å². The van der Waals surface area contributed by atoms with Crippen molar-refractivity contribution < 1.29 is 0 Å². The second-order valence-electron chi connectivity index (χ2n) is 7.07. The number of rotatable bonds is 2. The number of aromatic nitrogens is 3. The molecule has 3 atom stereocenters. The molecule has 3 aliphatic rings. The highest BCUT2D eigenvalue weighted by Gasteiger charge is 2.46. The number of hydrogen-bond donors (Lipinski definition) is 1. The predicted molar refractivity (Wildman–Crippen MR) is 85.9 cm³/mol. The van der Waals surface area contributed by atoms with Gasteiger partial charge in [0.15, 0.2) is 0 Å². The fourth-order valence-corrected chi connectivity index (χ4v) is 4.92. The third-order valence-electron chi connectivity index (χ3n) is 5.85. The zero-order valence-electron chi connectivity index (χ0n) is 12.8.